The predicted molar refractivity (Wildman–Crippen MR) is 118 cm³/mol. The van der Waals surface area contributed by atoms with Gasteiger partial charge in [0.15, 0.2) is 0 Å². The largest absolute Gasteiger partial charge is 0.378 e. The second kappa shape index (κ2) is 9.48. The second-order valence-corrected chi connectivity index (χ2v) is 7.84. The van der Waals surface area contributed by atoms with E-state index in [9.17, 15) is 4.79 Å². The third-order valence-corrected chi connectivity index (χ3v) is 5.68. The number of halogens is 1. The number of para-hydroxylation sites is 2. The lowest BCUT2D eigenvalue weighted by Crippen LogP contribution is -2.48. The Bertz CT molecular complexity index is 833. The second-order valence-electron chi connectivity index (χ2n) is 7.41. The average Bonchev–Trinajstić information content (AvgIpc) is 2.75. The van der Waals surface area contributed by atoms with Gasteiger partial charge in [-0.15, -0.1) is 0 Å². The van der Waals surface area contributed by atoms with Crippen LogP contribution in [0.1, 0.15) is 0 Å². The Labute approximate surface area is 177 Å². The number of piperazine rings is 1. The van der Waals surface area contributed by atoms with Crippen molar-refractivity contribution in [2.24, 2.45) is 0 Å². The number of anilines is 3. The number of nitrogens with one attached hydrogen (secondary N) is 1. The van der Waals surface area contributed by atoms with Gasteiger partial charge in [0.2, 0.25) is 5.91 Å². The first-order valence-electron chi connectivity index (χ1n) is 10.1. The van der Waals surface area contributed by atoms with Crippen LogP contribution in [-0.4, -0.2) is 69.8 Å². The summed E-state index contributed by atoms with van der Waals surface area (Å²) >= 11 is 6.11. The maximum Gasteiger partial charge on any atom is 0.238 e. The monoisotopic (exact) mass is 414 g/mol. The van der Waals surface area contributed by atoms with E-state index in [-0.39, 0.29) is 5.91 Å². The van der Waals surface area contributed by atoms with Crippen LogP contribution in [0.2, 0.25) is 5.02 Å². The maximum atomic E-state index is 12.7. The van der Waals surface area contributed by atoms with Crippen molar-refractivity contribution in [1.29, 1.82) is 0 Å². The third-order valence-electron chi connectivity index (χ3n) is 5.44. The first-order valence-corrected chi connectivity index (χ1v) is 10.5. The molecule has 0 aliphatic carbocycles. The molecule has 2 aliphatic heterocycles. The summed E-state index contributed by atoms with van der Waals surface area (Å²) < 4.78 is 5.44. The van der Waals surface area contributed by atoms with Crippen molar-refractivity contribution in [3.8, 4) is 0 Å². The minimum atomic E-state index is 0.0296. The lowest BCUT2D eigenvalue weighted by Gasteiger charge is -2.36. The Morgan fingerprint density at radius 3 is 2.45 bits per heavy atom. The molecule has 0 spiro atoms. The first kappa shape index (κ1) is 20.0. The van der Waals surface area contributed by atoms with Crippen LogP contribution in [0, 0.1) is 0 Å². The van der Waals surface area contributed by atoms with Gasteiger partial charge in [-0.05, 0) is 30.3 Å². The lowest BCUT2D eigenvalue weighted by molar-refractivity contribution is -0.117. The number of benzene rings is 2. The fraction of sp³-hybridized carbons (Fsp3) is 0.409. The molecule has 6 nitrogen and oxygen atoms in total. The molecule has 2 aromatic rings. The number of carbonyl (C=O) groups is 1. The van der Waals surface area contributed by atoms with Crippen molar-refractivity contribution in [3.63, 3.8) is 0 Å². The van der Waals surface area contributed by atoms with E-state index in [0.717, 1.165) is 74.6 Å². The lowest BCUT2D eigenvalue weighted by atomic mass is 10.2. The Balaban J connectivity index is 1.31. The van der Waals surface area contributed by atoms with Crippen molar-refractivity contribution in [1.82, 2.24) is 4.90 Å². The summed E-state index contributed by atoms with van der Waals surface area (Å²) in [6, 6.07) is 15.9. The van der Waals surface area contributed by atoms with Crippen LogP contribution >= 0.6 is 11.6 Å². The molecule has 0 radical (unpaired) electrons. The van der Waals surface area contributed by atoms with Crippen LogP contribution < -0.4 is 15.1 Å². The molecule has 1 N–H and O–H groups in total. The predicted octanol–water partition coefficient (Wildman–Crippen LogP) is 2.94. The highest BCUT2D eigenvalue weighted by Crippen LogP contribution is 2.26. The van der Waals surface area contributed by atoms with E-state index in [4.69, 9.17) is 16.3 Å². The van der Waals surface area contributed by atoms with E-state index >= 15 is 0 Å². The SMILES string of the molecule is O=C(CN1CCN(c2cccc(Cl)c2)CC1)Nc1ccccc1N1CCOCC1. The molecule has 2 aromatic carbocycles. The van der Waals surface area contributed by atoms with E-state index in [2.05, 4.69) is 32.1 Å². The molecule has 2 heterocycles. The highest BCUT2D eigenvalue weighted by molar-refractivity contribution is 6.30. The Kier molecular flexibility index (Phi) is 6.54. The van der Waals surface area contributed by atoms with Crippen LogP contribution in [0.4, 0.5) is 17.1 Å². The number of carbonyl (C=O) groups excluding carboxylic acids is 1. The molecule has 7 heteroatoms. The normalized spacial score (nSPS) is 18.0. The molecular formula is C22H27ClN4O2. The zero-order valence-corrected chi connectivity index (χ0v) is 17.3. The minimum Gasteiger partial charge on any atom is -0.378 e. The molecule has 0 atom stereocenters. The Hall–Kier alpha value is -2.28. The quantitative estimate of drug-likeness (QED) is 0.815. The van der Waals surface area contributed by atoms with Crippen molar-refractivity contribution in [2.45, 2.75) is 0 Å². The average molecular weight is 415 g/mol. The first-order chi connectivity index (χ1) is 14.2. The van der Waals surface area contributed by atoms with Gasteiger partial charge in [0.25, 0.3) is 0 Å². The molecule has 2 aliphatic rings. The van der Waals surface area contributed by atoms with Crippen LogP contribution in [0.5, 0.6) is 0 Å². The number of rotatable bonds is 5. The molecule has 0 bridgehead atoms. The zero-order valence-electron chi connectivity index (χ0n) is 16.5. The fourth-order valence-corrected chi connectivity index (χ4v) is 4.07. The van der Waals surface area contributed by atoms with Gasteiger partial charge < -0.3 is 19.9 Å². The minimum absolute atomic E-state index is 0.0296. The van der Waals surface area contributed by atoms with Gasteiger partial charge in [-0.2, -0.15) is 0 Å². The van der Waals surface area contributed by atoms with Gasteiger partial charge in [0.05, 0.1) is 31.1 Å². The highest BCUT2D eigenvalue weighted by atomic mass is 35.5. The summed E-state index contributed by atoms with van der Waals surface area (Å²) in [5.41, 5.74) is 3.08. The molecule has 0 saturated carbocycles. The topological polar surface area (TPSA) is 48.1 Å². The van der Waals surface area contributed by atoms with Crippen LogP contribution in [0.3, 0.4) is 0 Å². The highest BCUT2D eigenvalue weighted by Gasteiger charge is 2.21. The molecule has 0 unspecified atom stereocenters. The summed E-state index contributed by atoms with van der Waals surface area (Å²) in [6.07, 6.45) is 0. The van der Waals surface area contributed by atoms with Crippen LogP contribution in [0.25, 0.3) is 0 Å². The van der Waals surface area contributed by atoms with Gasteiger partial charge in [0.1, 0.15) is 0 Å². The van der Waals surface area contributed by atoms with E-state index in [1.54, 1.807) is 0 Å². The van der Waals surface area contributed by atoms with E-state index in [0.29, 0.717) is 6.54 Å². The van der Waals surface area contributed by atoms with Crippen molar-refractivity contribution >= 4 is 34.6 Å². The standard InChI is InChI=1S/C22H27ClN4O2/c23-18-4-3-5-19(16-18)26-10-8-25(9-11-26)17-22(28)24-20-6-1-2-7-21(20)27-12-14-29-15-13-27/h1-7,16H,8-15,17H2,(H,24,28). The molecule has 154 valence electrons. The summed E-state index contributed by atoms with van der Waals surface area (Å²) in [4.78, 5) is 19.5. The number of nitrogens with zero attached hydrogens (tertiary/aromatic N) is 3. The van der Waals surface area contributed by atoms with Gasteiger partial charge >= 0.3 is 0 Å². The molecule has 0 aromatic heterocycles. The number of morpholine rings is 1. The van der Waals surface area contributed by atoms with E-state index in [1.807, 2.05) is 36.4 Å². The number of amides is 1. The van der Waals surface area contributed by atoms with Crippen molar-refractivity contribution in [2.75, 3.05) is 74.1 Å². The molecule has 2 fully saturated rings. The van der Waals surface area contributed by atoms with Crippen LogP contribution in [0.15, 0.2) is 48.5 Å². The number of hydrogen-bond acceptors (Lipinski definition) is 5. The summed E-state index contributed by atoms with van der Waals surface area (Å²) in [5.74, 6) is 0.0296. The van der Waals surface area contributed by atoms with Gasteiger partial charge in [0, 0.05) is 50.0 Å². The molecule has 2 saturated heterocycles. The van der Waals surface area contributed by atoms with Gasteiger partial charge in [-0.25, -0.2) is 0 Å². The summed E-state index contributed by atoms with van der Waals surface area (Å²) in [5, 5.41) is 3.86. The van der Waals surface area contributed by atoms with Crippen LogP contribution in [-0.2, 0) is 9.53 Å². The third kappa shape index (κ3) is 5.21. The Morgan fingerprint density at radius 2 is 1.69 bits per heavy atom. The number of ether oxygens (including phenoxy) is 1. The molecule has 4 rings (SSSR count). The van der Waals surface area contributed by atoms with Gasteiger partial charge in [-0.1, -0.05) is 29.8 Å². The van der Waals surface area contributed by atoms with Crippen molar-refractivity contribution < 1.29 is 9.53 Å². The fourth-order valence-electron chi connectivity index (χ4n) is 3.89. The van der Waals surface area contributed by atoms with Gasteiger partial charge in [-0.3, -0.25) is 9.69 Å². The zero-order chi connectivity index (χ0) is 20.1. The summed E-state index contributed by atoms with van der Waals surface area (Å²) in [7, 11) is 0. The summed E-state index contributed by atoms with van der Waals surface area (Å²) in [6.45, 7) is 7.02. The maximum absolute atomic E-state index is 12.7. The molecule has 1 amide bonds. The van der Waals surface area contributed by atoms with E-state index < -0.39 is 0 Å². The molecule has 29 heavy (non-hydrogen) atoms. The number of hydrogen-bond donors (Lipinski definition) is 1. The Morgan fingerprint density at radius 1 is 0.931 bits per heavy atom. The van der Waals surface area contributed by atoms with E-state index in [1.165, 1.54) is 0 Å². The smallest absolute Gasteiger partial charge is 0.238 e. The van der Waals surface area contributed by atoms with Crippen molar-refractivity contribution in [3.05, 3.63) is 53.6 Å². The molecular weight excluding hydrogens is 388 g/mol.